The maximum Gasteiger partial charge on any atom is 0.407 e. The molecule has 1 aliphatic rings. The minimum Gasteiger partial charge on any atom is -0.467 e. The molecule has 4 atom stereocenters. The summed E-state index contributed by atoms with van der Waals surface area (Å²) in [6, 6.07) is 84.2. The summed E-state index contributed by atoms with van der Waals surface area (Å²) in [4.78, 5) is 102. The molecule has 20 heteroatoms. The van der Waals surface area contributed by atoms with Crippen LogP contribution in [-0.4, -0.2) is 102 Å². The third-order valence-corrected chi connectivity index (χ3v) is 18.8. The first-order valence-electron chi connectivity index (χ1n) is 34.0. The summed E-state index contributed by atoms with van der Waals surface area (Å²) in [6.07, 6.45) is 2.28. The second-order valence-electron chi connectivity index (χ2n) is 25.1. The van der Waals surface area contributed by atoms with Gasteiger partial charge in [-0.15, -0.1) is 0 Å². The Morgan fingerprint density at radius 3 is 1.10 bits per heavy atom. The number of fused-ring (bicyclic) bond motifs is 5. The first-order chi connectivity index (χ1) is 50.3. The van der Waals surface area contributed by atoms with Crippen LogP contribution in [0.4, 0.5) is 4.79 Å². The highest BCUT2D eigenvalue weighted by Crippen LogP contribution is 2.45. The normalized spacial score (nSPS) is 12.6. The average Bonchev–Trinajstić information content (AvgIpc) is 1.56. The molecule has 20 nitrogen and oxygen atoms in total. The van der Waals surface area contributed by atoms with Crippen molar-refractivity contribution in [2.75, 3.05) is 20.8 Å². The lowest BCUT2D eigenvalue weighted by atomic mass is 9.77. The van der Waals surface area contributed by atoms with E-state index in [1.165, 1.54) is 14.2 Å². The molecule has 2 aromatic heterocycles. The van der Waals surface area contributed by atoms with E-state index in [1.54, 1.807) is 6.20 Å². The van der Waals surface area contributed by atoms with Gasteiger partial charge in [-0.05, 0) is 85.3 Å². The molecule has 0 fully saturated rings. The van der Waals surface area contributed by atoms with Gasteiger partial charge in [-0.3, -0.25) is 19.2 Å². The van der Waals surface area contributed by atoms with Crippen LogP contribution in [-0.2, 0) is 66.9 Å². The maximum absolute atomic E-state index is 14.4. The van der Waals surface area contributed by atoms with Gasteiger partial charge in [0.25, 0.3) is 0 Å². The Morgan fingerprint density at radius 1 is 0.410 bits per heavy atom. The average molecular weight is 1410 g/mol. The molecule has 0 saturated carbocycles. The number of nitrogens with one attached hydrogen (secondary N) is 7. The van der Waals surface area contributed by atoms with E-state index in [1.807, 2.05) is 273 Å². The Labute approximate surface area is 608 Å². The number of amides is 5. The molecule has 0 bridgehead atoms. The fourth-order valence-electron chi connectivity index (χ4n) is 13.8. The van der Waals surface area contributed by atoms with Crippen molar-refractivity contribution in [3.8, 4) is 11.1 Å². The topological polar surface area (TPSA) is 331 Å². The zero-order chi connectivity index (χ0) is 71.7. The minimum absolute atomic E-state index is 0. The number of nitrogens with two attached hydrogens (primary N) is 1. The molecular weight excluding hydrogens is 1320 g/mol. The lowest BCUT2D eigenvalue weighted by molar-refractivity contribution is -0.147. The number of methoxy groups -OCH3 is 2. The van der Waals surface area contributed by atoms with Gasteiger partial charge in [0.15, 0.2) is 0 Å². The van der Waals surface area contributed by atoms with Gasteiger partial charge in [-0.2, -0.15) is 0 Å². The standard InChI is InChI=1S/C50H44N4O6.C35H34N4O4.H3N.H2O/c1-59-48(57)45(30-46(55)54-50(34-17-5-2-6-18-34,35-19-7-3-8-20-35)36-21-9-4-10-22-36)52-47(56)44(29-33-31-51-43-28-16-15-23-37(33)43)53-49(58)60-32-42-40-26-13-11-24-38(40)39-25-12-14-27-41(39)42;1-43-34(42)31(38-33(41)29(36)21-24-23-37-30-20-12-11-19-28(24)30)22-32(40)39-35(25-13-5-2-6-14-25,26-15-7-3-8-16-26)27-17-9-4-10-18-27;;/h2-28,31,42,44-45,51H,29-30,32H2,1H3,(H,52,56)(H,53,58)(H,54,55);2-20,23,29,31,37H,21-22,36H2,1H3,(H,38,41)(H,39,40);1H3;1H2/t44-,45-;29-,31-;;/m00../s1. The number of aromatic amines is 2. The fraction of sp³-hybridized carbons (Fsp3) is 0.165. The number of benzene rings is 10. The van der Waals surface area contributed by atoms with Crippen molar-refractivity contribution in [2.45, 2.75) is 66.8 Å². The zero-order valence-electron chi connectivity index (χ0n) is 58.0. The SMILES string of the molecule is COC(=O)[C@H](CC(=O)NC(c1ccccc1)(c1ccccc1)c1ccccc1)NC(=O)[C@@H](N)Cc1c[nH]c2ccccc12.COC(=O)[C@H](CC(=O)NC(c1ccccc1)(c1ccccc1)c1ccccc1)NC(=O)[C@H](Cc1c[nH]c2ccccc12)NC(=O)OCC1c2ccccc2-c2ccccc21.N.O. The van der Waals surface area contributed by atoms with Crippen LogP contribution >= 0.6 is 0 Å². The molecule has 0 radical (unpaired) electrons. The number of hydrogen-bond donors (Lipinski definition) is 9. The number of carbonyl (C=O) groups excluding carboxylic acids is 7. The van der Waals surface area contributed by atoms with Crippen LogP contribution in [0.5, 0.6) is 0 Å². The summed E-state index contributed by atoms with van der Waals surface area (Å²) in [5, 5.41) is 16.5. The molecule has 13 rings (SSSR count). The van der Waals surface area contributed by atoms with Gasteiger partial charge in [0.2, 0.25) is 23.6 Å². The number of ether oxygens (including phenoxy) is 3. The fourth-order valence-corrected chi connectivity index (χ4v) is 13.8. The van der Waals surface area contributed by atoms with Crippen molar-refractivity contribution in [2.24, 2.45) is 5.73 Å². The highest BCUT2D eigenvalue weighted by Gasteiger charge is 2.42. The van der Waals surface area contributed by atoms with E-state index in [0.717, 1.165) is 88.6 Å². The second kappa shape index (κ2) is 34.7. The van der Waals surface area contributed by atoms with Crippen LogP contribution in [0.3, 0.4) is 0 Å². The van der Waals surface area contributed by atoms with Crippen molar-refractivity contribution in [1.29, 1.82) is 0 Å². The Balaban J connectivity index is 0.000000233. The quantitative estimate of drug-likeness (QED) is 0.0147. The number of H-pyrrole nitrogens is 2. The lowest BCUT2D eigenvalue weighted by Crippen LogP contribution is -2.55. The van der Waals surface area contributed by atoms with Gasteiger partial charge < -0.3 is 68.1 Å². The van der Waals surface area contributed by atoms with E-state index in [4.69, 9.17) is 19.9 Å². The monoisotopic (exact) mass is 1410 g/mol. The van der Waals surface area contributed by atoms with Crippen LogP contribution in [0.25, 0.3) is 32.9 Å². The van der Waals surface area contributed by atoms with Crippen LogP contribution in [0.1, 0.15) is 74.4 Å². The molecule has 0 saturated heterocycles. The van der Waals surface area contributed by atoms with Crippen molar-refractivity contribution in [3.63, 3.8) is 0 Å². The third kappa shape index (κ3) is 16.8. The molecule has 14 N–H and O–H groups in total. The van der Waals surface area contributed by atoms with Crippen LogP contribution in [0.15, 0.2) is 291 Å². The smallest absolute Gasteiger partial charge is 0.407 e. The number of rotatable bonds is 25. The van der Waals surface area contributed by atoms with Crippen LogP contribution in [0, 0.1) is 0 Å². The van der Waals surface area contributed by atoms with Crippen molar-refractivity contribution in [3.05, 3.63) is 347 Å². The summed E-state index contributed by atoms with van der Waals surface area (Å²) >= 11 is 0. The summed E-state index contributed by atoms with van der Waals surface area (Å²) in [6.45, 7) is 0.0399. The molecule has 0 unspecified atom stereocenters. The number of para-hydroxylation sites is 2. The molecule has 0 spiro atoms. The van der Waals surface area contributed by atoms with Gasteiger partial charge in [0.1, 0.15) is 35.8 Å². The number of esters is 2. The third-order valence-electron chi connectivity index (χ3n) is 18.8. The summed E-state index contributed by atoms with van der Waals surface area (Å²) in [7, 11) is 2.41. The molecule has 0 aliphatic heterocycles. The van der Waals surface area contributed by atoms with E-state index >= 15 is 0 Å². The Kier molecular flexibility index (Phi) is 24.8. The van der Waals surface area contributed by atoms with E-state index in [2.05, 4.69) is 48.7 Å². The predicted octanol–water partition coefficient (Wildman–Crippen LogP) is 11.3. The molecule has 1 aliphatic carbocycles. The Bertz CT molecular complexity index is 4690. The van der Waals surface area contributed by atoms with Crippen molar-refractivity contribution >= 4 is 63.5 Å². The van der Waals surface area contributed by atoms with Gasteiger partial charge in [0, 0.05) is 46.5 Å². The number of hydrogen-bond acceptors (Lipinski definition) is 12. The molecule has 534 valence electrons. The summed E-state index contributed by atoms with van der Waals surface area (Å²) < 4.78 is 15.9. The minimum atomic E-state index is -1.41. The van der Waals surface area contributed by atoms with Gasteiger partial charge in [0.05, 0.1) is 33.1 Å². The highest BCUT2D eigenvalue weighted by atomic mass is 16.5. The van der Waals surface area contributed by atoms with Gasteiger partial charge in [-0.25, -0.2) is 14.4 Å². The predicted molar refractivity (Wildman–Crippen MR) is 404 cm³/mol. The van der Waals surface area contributed by atoms with Gasteiger partial charge in [-0.1, -0.05) is 267 Å². The van der Waals surface area contributed by atoms with E-state index < -0.39 is 83.3 Å². The van der Waals surface area contributed by atoms with Crippen LogP contribution < -0.4 is 38.5 Å². The van der Waals surface area contributed by atoms with Crippen LogP contribution in [0.2, 0.25) is 0 Å². The van der Waals surface area contributed by atoms with E-state index in [0.29, 0.717) is 0 Å². The second-order valence-corrected chi connectivity index (χ2v) is 25.1. The Hall–Kier alpha value is -12.8. The molecule has 12 aromatic rings. The molecule has 105 heavy (non-hydrogen) atoms. The lowest BCUT2D eigenvalue weighted by Gasteiger charge is -2.37. The Morgan fingerprint density at radius 2 is 0.733 bits per heavy atom. The number of alkyl carbamates (subject to hydrolysis) is 1. The van der Waals surface area contributed by atoms with E-state index in [-0.39, 0.29) is 43.4 Å². The largest absolute Gasteiger partial charge is 0.467 e. The molecular formula is C85H83N9O11. The molecule has 2 heterocycles. The first-order valence-corrected chi connectivity index (χ1v) is 34.0. The molecule has 10 aromatic carbocycles. The summed E-state index contributed by atoms with van der Waals surface area (Å²) in [5.41, 5.74) is 16.6. The van der Waals surface area contributed by atoms with Gasteiger partial charge >= 0.3 is 18.0 Å². The summed E-state index contributed by atoms with van der Waals surface area (Å²) in [5.74, 6) is -4.01. The number of carbonyl (C=O) groups is 7. The first kappa shape index (κ1) is 74.9. The maximum atomic E-state index is 14.4. The zero-order valence-corrected chi connectivity index (χ0v) is 58.0. The molecule has 5 amide bonds. The number of aromatic nitrogens is 2. The van der Waals surface area contributed by atoms with Crippen molar-refractivity contribution in [1.82, 2.24) is 42.7 Å². The highest BCUT2D eigenvalue weighted by molar-refractivity contribution is 5.95. The van der Waals surface area contributed by atoms with Crippen molar-refractivity contribution < 1.29 is 53.2 Å². The van der Waals surface area contributed by atoms with E-state index in [9.17, 15) is 33.6 Å².